The van der Waals surface area contributed by atoms with Crippen molar-refractivity contribution < 1.29 is 9.18 Å². The zero-order valence-corrected chi connectivity index (χ0v) is 13.4. The van der Waals surface area contributed by atoms with Gasteiger partial charge in [0.1, 0.15) is 5.82 Å². The maximum absolute atomic E-state index is 13.6. The van der Waals surface area contributed by atoms with Crippen molar-refractivity contribution in [2.75, 3.05) is 0 Å². The van der Waals surface area contributed by atoms with Crippen LogP contribution in [0.3, 0.4) is 0 Å². The molecule has 3 rings (SSSR count). The van der Waals surface area contributed by atoms with Crippen LogP contribution in [0.5, 0.6) is 0 Å². The second-order valence-electron chi connectivity index (χ2n) is 6.12. The molecule has 0 saturated heterocycles. The third-order valence-corrected chi connectivity index (χ3v) is 4.27. The number of halogens is 2. The zero-order chi connectivity index (χ0) is 15.2. The van der Waals surface area contributed by atoms with E-state index in [1.54, 1.807) is 18.3 Å². The van der Waals surface area contributed by atoms with Gasteiger partial charge in [-0.25, -0.2) is 14.4 Å². The fourth-order valence-corrected chi connectivity index (χ4v) is 2.85. The predicted molar refractivity (Wildman–Crippen MR) is 81.6 cm³/mol. The molecule has 0 spiro atoms. The van der Waals surface area contributed by atoms with Crippen LogP contribution < -0.4 is 0 Å². The van der Waals surface area contributed by atoms with E-state index in [1.807, 2.05) is 0 Å². The molecule has 2 aromatic rings. The third-order valence-electron chi connectivity index (χ3n) is 3.63. The van der Waals surface area contributed by atoms with Crippen molar-refractivity contribution in [3.05, 3.63) is 45.9 Å². The van der Waals surface area contributed by atoms with Crippen LogP contribution in [0.25, 0.3) is 11.4 Å². The maximum atomic E-state index is 13.6. The molecular formula is C16H14BrFN2O. The molecule has 1 heterocycles. The monoisotopic (exact) mass is 348 g/mol. The summed E-state index contributed by atoms with van der Waals surface area (Å²) in [6.07, 6.45) is 2.80. The molecule has 0 amide bonds. The number of Topliss-reactive ketones (excluding diaryl/α,β-unsaturated/α-hetero) is 1. The van der Waals surface area contributed by atoms with Gasteiger partial charge >= 0.3 is 0 Å². The first-order chi connectivity index (χ1) is 9.85. The lowest BCUT2D eigenvalue weighted by Crippen LogP contribution is -2.28. The summed E-state index contributed by atoms with van der Waals surface area (Å²) >= 11 is 3.12. The Labute approximate surface area is 130 Å². The van der Waals surface area contributed by atoms with Gasteiger partial charge in [0.15, 0.2) is 11.6 Å². The largest absolute Gasteiger partial charge is 0.294 e. The van der Waals surface area contributed by atoms with Crippen molar-refractivity contribution in [1.82, 2.24) is 9.97 Å². The van der Waals surface area contributed by atoms with Crippen LogP contribution in [0.4, 0.5) is 4.39 Å². The quantitative estimate of drug-likeness (QED) is 0.775. The Morgan fingerprint density at radius 3 is 2.76 bits per heavy atom. The molecule has 1 aromatic heterocycles. The summed E-state index contributed by atoms with van der Waals surface area (Å²) in [7, 11) is 0. The SMILES string of the molecule is CC1(C)CC(=O)c2cnc(-c3ccc(Br)c(F)c3)nc2C1. The highest BCUT2D eigenvalue weighted by Crippen LogP contribution is 2.34. The molecule has 0 atom stereocenters. The Kier molecular flexibility index (Phi) is 3.40. The molecule has 0 aliphatic heterocycles. The van der Waals surface area contributed by atoms with Crippen LogP contribution in [0.2, 0.25) is 0 Å². The number of ketones is 1. The van der Waals surface area contributed by atoms with Crippen molar-refractivity contribution in [3.8, 4) is 11.4 Å². The predicted octanol–water partition coefficient (Wildman–Crippen LogP) is 4.20. The van der Waals surface area contributed by atoms with Crippen molar-refractivity contribution in [1.29, 1.82) is 0 Å². The summed E-state index contributed by atoms with van der Waals surface area (Å²) in [5.74, 6) is 0.172. The van der Waals surface area contributed by atoms with Crippen LogP contribution in [0.15, 0.2) is 28.9 Å². The molecule has 0 saturated carbocycles. The average molecular weight is 349 g/mol. The van der Waals surface area contributed by atoms with E-state index in [-0.39, 0.29) is 17.0 Å². The van der Waals surface area contributed by atoms with Crippen LogP contribution in [-0.2, 0) is 6.42 Å². The molecule has 5 heteroatoms. The molecule has 0 bridgehead atoms. The van der Waals surface area contributed by atoms with E-state index in [9.17, 15) is 9.18 Å². The van der Waals surface area contributed by atoms with E-state index in [4.69, 9.17) is 0 Å². The molecule has 0 N–H and O–H groups in total. The number of carbonyl (C=O) groups is 1. The molecule has 3 nitrogen and oxygen atoms in total. The number of aromatic nitrogens is 2. The number of benzene rings is 1. The molecular weight excluding hydrogens is 335 g/mol. The van der Waals surface area contributed by atoms with E-state index in [2.05, 4.69) is 39.7 Å². The topological polar surface area (TPSA) is 42.9 Å². The molecule has 1 aliphatic rings. The maximum Gasteiger partial charge on any atom is 0.166 e. The van der Waals surface area contributed by atoms with Crippen LogP contribution in [-0.4, -0.2) is 15.8 Å². The summed E-state index contributed by atoms with van der Waals surface area (Å²) in [6, 6.07) is 4.77. The van der Waals surface area contributed by atoms with Crippen LogP contribution in [0, 0.1) is 11.2 Å². The van der Waals surface area contributed by atoms with Gasteiger partial charge in [-0.2, -0.15) is 0 Å². The highest BCUT2D eigenvalue weighted by atomic mass is 79.9. The number of hydrogen-bond donors (Lipinski definition) is 0. The number of rotatable bonds is 1. The van der Waals surface area contributed by atoms with Crippen LogP contribution >= 0.6 is 15.9 Å². The standard InChI is InChI=1S/C16H14BrFN2O/c1-16(2)6-13-10(14(21)7-16)8-19-15(20-13)9-3-4-11(17)12(18)5-9/h3-5,8H,6-7H2,1-2H3. The Bertz CT molecular complexity index is 743. The fourth-order valence-electron chi connectivity index (χ4n) is 2.60. The van der Waals surface area contributed by atoms with E-state index in [1.165, 1.54) is 6.07 Å². The summed E-state index contributed by atoms with van der Waals surface area (Å²) in [6.45, 7) is 4.10. The smallest absolute Gasteiger partial charge is 0.166 e. The summed E-state index contributed by atoms with van der Waals surface area (Å²) < 4.78 is 14.0. The lowest BCUT2D eigenvalue weighted by Gasteiger charge is -2.29. The van der Waals surface area contributed by atoms with Gasteiger partial charge in [-0.1, -0.05) is 13.8 Å². The highest BCUT2D eigenvalue weighted by molar-refractivity contribution is 9.10. The van der Waals surface area contributed by atoms with E-state index < -0.39 is 0 Å². The minimum atomic E-state index is -0.356. The minimum absolute atomic E-state index is 0.0785. The van der Waals surface area contributed by atoms with Crippen molar-refractivity contribution >= 4 is 21.7 Å². The van der Waals surface area contributed by atoms with Crippen molar-refractivity contribution in [2.45, 2.75) is 26.7 Å². The lowest BCUT2D eigenvalue weighted by atomic mass is 9.76. The molecule has 0 unspecified atom stereocenters. The molecule has 1 aromatic carbocycles. The molecule has 0 radical (unpaired) electrons. The summed E-state index contributed by atoms with van der Waals surface area (Å²) in [5, 5.41) is 0. The minimum Gasteiger partial charge on any atom is -0.294 e. The summed E-state index contributed by atoms with van der Waals surface area (Å²) in [5.41, 5.74) is 1.86. The third kappa shape index (κ3) is 2.75. The zero-order valence-electron chi connectivity index (χ0n) is 11.8. The molecule has 1 aliphatic carbocycles. The van der Waals surface area contributed by atoms with Gasteiger partial charge in [-0.15, -0.1) is 0 Å². The van der Waals surface area contributed by atoms with Gasteiger partial charge in [-0.05, 0) is 46.0 Å². The van der Waals surface area contributed by atoms with Gasteiger partial charge in [0.05, 0.1) is 15.7 Å². The number of nitrogens with zero attached hydrogens (tertiary/aromatic N) is 2. The normalized spacial score (nSPS) is 16.7. The van der Waals surface area contributed by atoms with E-state index >= 15 is 0 Å². The number of fused-ring (bicyclic) bond motifs is 1. The first-order valence-corrected chi connectivity index (χ1v) is 7.50. The highest BCUT2D eigenvalue weighted by Gasteiger charge is 2.32. The van der Waals surface area contributed by atoms with Gasteiger partial charge < -0.3 is 0 Å². The van der Waals surface area contributed by atoms with Crippen molar-refractivity contribution in [3.63, 3.8) is 0 Å². The van der Waals surface area contributed by atoms with Gasteiger partial charge in [-0.3, -0.25) is 4.79 Å². The fraction of sp³-hybridized carbons (Fsp3) is 0.312. The first kappa shape index (κ1) is 14.3. The Balaban J connectivity index is 2.07. The lowest BCUT2D eigenvalue weighted by molar-refractivity contribution is 0.0910. The molecule has 108 valence electrons. The van der Waals surface area contributed by atoms with Gasteiger partial charge in [0, 0.05) is 18.2 Å². The average Bonchev–Trinajstić information content (AvgIpc) is 2.40. The molecule has 0 fully saturated rings. The van der Waals surface area contributed by atoms with Crippen molar-refractivity contribution in [2.24, 2.45) is 5.41 Å². The second kappa shape index (κ2) is 4.98. The summed E-state index contributed by atoms with van der Waals surface area (Å²) in [4.78, 5) is 20.8. The first-order valence-electron chi connectivity index (χ1n) is 6.70. The van der Waals surface area contributed by atoms with E-state index in [0.717, 1.165) is 12.1 Å². The Morgan fingerprint density at radius 1 is 1.29 bits per heavy atom. The van der Waals surface area contributed by atoms with Gasteiger partial charge in [0.2, 0.25) is 0 Å². The van der Waals surface area contributed by atoms with E-state index in [0.29, 0.717) is 27.8 Å². The molecule has 21 heavy (non-hydrogen) atoms. The number of carbonyl (C=O) groups excluding carboxylic acids is 1. The van der Waals surface area contributed by atoms with Gasteiger partial charge in [0.25, 0.3) is 0 Å². The Hall–Kier alpha value is -1.62. The number of hydrogen-bond acceptors (Lipinski definition) is 3. The second-order valence-corrected chi connectivity index (χ2v) is 6.98. The van der Waals surface area contributed by atoms with Crippen LogP contribution in [0.1, 0.15) is 36.3 Å². The Morgan fingerprint density at radius 2 is 2.05 bits per heavy atom.